The van der Waals surface area contributed by atoms with Crippen LogP contribution in [0.3, 0.4) is 0 Å². The van der Waals surface area contributed by atoms with E-state index >= 15 is 0 Å². The molecule has 1 aromatic rings. The van der Waals surface area contributed by atoms with E-state index < -0.39 is 0 Å². The van der Waals surface area contributed by atoms with Gasteiger partial charge in [0.1, 0.15) is 5.75 Å². The second kappa shape index (κ2) is 9.13. The lowest BCUT2D eigenvalue weighted by Crippen LogP contribution is -2.51. The van der Waals surface area contributed by atoms with Crippen molar-refractivity contribution in [2.75, 3.05) is 46.4 Å². The minimum atomic E-state index is 0.282. The van der Waals surface area contributed by atoms with E-state index in [9.17, 15) is 5.11 Å². The van der Waals surface area contributed by atoms with Crippen LogP contribution in [-0.4, -0.2) is 67.4 Å². The van der Waals surface area contributed by atoms with Gasteiger partial charge in [-0.15, -0.1) is 0 Å². The summed E-state index contributed by atoms with van der Waals surface area (Å²) in [4.78, 5) is 4.97. The van der Waals surface area contributed by atoms with Crippen LogP contribution < -0.4 is 4.74 Å². The standard InChI is InChI=1S/C18H30N2O2/c1-3-17(15-21)20-13-11-19(12-14-20)10-6-8-16-7-4-5-9-18(16)22-2/h4-5,7,9,17,21H,3,6,8,10-15H2,1-2H3. The third kappa shape index (κ3) is 4.70. The fourth-order valence-corrected chi connectivity index (χ4v) is 3.26. The van der Waals surface area contributed by atoms with Gasteiger partial charge in [0.25, 0.3) is 0 Å². The summed E-state index contributed by atoms with van der Waals surface area (Å²) in [5.74, 6) is 1.00. The van der Waals surface area contributed by atoms with Crippen molar-refractivity contribution in [2.24, 2.45) is 0 Å². The number of nitrogens with zero attached hydrogens (tertiary/aromatic N) is 2. The molecule has 2 rings (SSSR count). The number of hydrogen-bond donors (Lipinski definition) is 1. The molecule has 4 heteroatoms. The van der Waals surface area contributed by atoms with Gasteiger partial charge in [-0.05, 0) is 37.4 Å². The van der Waals surface area contributed by atoms with Crippen molar-refractivity contribution in [3.63, 3.8) is 0 Å². The van der Waals surface area contributed by atoms with Crippen LogP contribution in [0.1, 0.15) is 25.3 Å². The molecular weight excluding hydrogens is 276 g/mol. The van der Waals surface area contributed by atoms with E-state index in [0.29, 0.717) is 6.04 Å². The second-order valence-corrected chi connectivity index (χ2v) is 6.04. The molecule has 1 aliphatic heterocycles. The van der Waals surface area contributed by atoms with Gasteiger partial charge in [0, 0.05) is 32.2 Å². The van der Waals surface area contributed by atoms with Crippen molar-refractivity contribution in [1.82, 2.24) is 9.80 Å². The first-order chi connectivity index (χ1) is 10.8. The average Bonchev–Trinajstić information content (AvgIpc) is 2.58. The van der Waals surface area contributed by atoms with Gasteiger partial charge in [0.15, 0.2) is 0 Å². The smallest absolute Gasteiger partial charge is 0.122 e. The highest BCUT2D eigenvalue weighted by molar-refractivity contribution is 5.33. The van der Waals surface area contributed by atoms with Crippen LogP contribution in [0, 0.1) is 0 Å². The Morgan fingerprint density at radius 2 is 1.91 bits per heavy atom. The molecule has 0 aliphatic carbocycles. The molecule has 1 aromatic carbocycles. The molecule has 1 aliphatic rings. The average molecular weight is 306 g/mol. The second-order valence-electron chi connectivity index (χ2n) is 6.04. The van der Waals surface area contributed by atoms with Crippen molar-refractivity contribution in [2.45, 2.75) is 32.2 Å². The molecule has 1 heterocycles. The lowest BCUT2D eigenvalue weighted by atomic mass is 10.1. The maximum atomic E-state index is 9.39. The Balaban J connectivity index is 1.71. The van der Waals surface area contributed by atoms with Gasteiger partial charge in [0.05, 0.1) is 13.7 Å². The molecule has 0 bridgehead atoms. The van der Waals surface area contributed by atoms with E-state index in [1.54, 1.807) is 7.11 Å². The van der Waals surface area contributed by atoms with Crippen molar-refractivity contribution < 1.29 is 9.84 Å². The Bertz CT molecular complexity index is 427. The lowest BCUT2D eigenvalue weighted by Gasteiger charge is -2.38. The SMILES string of the molecule is CCC(CO)N1CCN(CCCc2ccccc2OC)CC1. The van der Waals surface area contributed by atoms with Crippen LogP contribution in [0.2, 0.25) is 0 Å². The molecule has 0 amide bonds. The molecular formula is C18H30N2O2. The molecule has 4 nitrogen and oxygen atoms in total. The Labute approximate surface area is 134 Å². The minimum absolute atomic E-state index is 0.282. The molecule has 1 N–H and O–H groups in total. The maximum Gasteiger partial charge on any atom is 0.122 e. The number of aliphatic hydroxyl groups excluding tert-OH is 1. The zero-order valence-electron chi connectivity index (χ0n) is 14.0. The van der Waals surface area contributed by atoms with Crippen molar-refractivity contribution >= 4 is 0 Å². The summed E-state index contributed by atoms with van der Waals surface area (Å²) >= 11 is 0. The van der Waals surface area contributed by atoms with Gasteiger partial charge in [0.2, 0.25) is 0 Å². The molecule has 1 atom stereocenters. The first-order valence-corrected chi connectivity index (χ1v) is 8.47. The molecule has 0 spiro atoms. The first-order valence-electron chi connectivity index (χ1n) is 8.47. The number of methoxy groups -OCH3 is 1. The van der Waals surface area contributed by atoms with Gasteiger partial charge in [-0.3, -0.25) is 4.90 Å². The van der Waals surface area contributed by atoms with Crippen molar-refractivity contribution in [3.8, 4) is 5.75 Å². The van der Waals surface area contributed by atoms with E-state index in [1.807, 2.05) is 12.1 Å². The maximum absolute atomic E-state index is 9.39. The molecule has 124 valence electrons. The summed E-state index contributed by atoms with van der Waals surface area (Å²) in [7, 11) is 1.74. The summed E-state index contributed by atoms with van der Waals surface area (Å²) < 4.78 is 5.41. The summed E-state index contributed by atoms with van der Waals surface area (Å²) in [6.07, 6.45) is 3.26. The fraction of sp³-hybridized carbons (Fsp3) is 0.667. The predicted octanol–water partition coefficient (Wildman–Crippen LogP) is 2.02. The van der Waals surface area contributed by atoms with E-state index in [0.717, 1.165) is 57.7 Å². The van der Waals surface area contributed by atoms with E-state index in [4.69, 9.17) is 4.74 Å². The lowest BCUT2D eigenvalue weighted by molar-refractivity contribution is 0.0633. The summed E-state index contributed by atoms with van der Waals surface area (Å²) in [5, 5.41) is 9.39. The largest absolute Gasteiger partial charge is 0.496 e. The van der Waals surface area contributed by atoms with Crippen LogP contribution in [0.15, 0.2) is 24.3 Å². The summed E-state index contributed by atoms with van der Waals surface area (Å²) in [6, 6.07) is 8.64. The Morgan fingerprint density at radius 3 is 2.55 bits per heavy atom. The third-order valence-electron chi connectivity index (χ3n) is 4.72. The fourth-order valence-electron chi connectivity index (χ4n) is 3.26. The highest BCUT2D eigenvalue weighted by Crippen LogP contribution is 2.19. The van der Waals surface area contributed by atoms with Crippen molar-refractivity contribution in [3.05, 3.63) is 29.8 Å². The number of hydrogen-bond acceptors (Lipinski definition) is 4. The molecule has 1 fully saturated rings. The highest BCUT2D eigenvalue weighted by Gasteiger charge is 2.21. The van der Waals surface area contributed by atoms with E-state index in [-0.39, 0.29) is 6.61 Å². The third-order valence-corrected chi connectivity index (χ3v) is 4.72. The molecule has 0 saturated carbocycles. The molecule has 1 saturated heterocycles. The van der Waals surface area contributed by atoms with Crippen LogP contribution in [-0.2, 0) is 6.42 Å². The Hall–Kier alpha value is -1.10. The van der Waals surface area contributed by atoms with Crippen LogP contribution >= 0.6 is 0 Å². The van der Waals surface area contributed by atoms with Crippen molar-refractivity contribution in [1.29, 1.82) is 0 Å². The summed E-state index contributed by atoms with van der Waals surface area (Å²) in [6.45, 7) is 7.96. The number of benzene rings is 1. The normalized spacial score (nSPS) is 18.3. The molecule has 0 radical (unpaired) electrons. The molecule has 0 aromatic heterocycles. The number of para-hydroxylation sites is 1. The highest BCUT2D eigenvalue weighted by atomic mass is 16.5. The first kappa shape index (κ1) is 17.3. The zero-order valence-corrected chi connectivity index (χ0v) is 14.0. The number of ether oxygens (including phenoxy) is 1. The number of rotatable bonds is 8. The van der Waals surface area contributed by atoms with Crippen LogP contribution in [0.5, 0.6) is 5.75 Å². The van der Waals surface area contributed by atoms with Gasteiger partial charge in [-0.2, -0.15) is 0 Å². The topological polar surface area (TPSA) is 35.9 Å². The van der Waals surface area contributed by atoms with E-state index in [2.05, 4.69) is 28.9 Å². The minimum Gasteiger partial charge on any atom is -0.496 e. The Morgan fingerprint density at radius 1 is 1.18 bits per heavy atom. The van der Waals surface area contributed by atoms with Gasteiger partial charge in [-0.25, -0.2) is 0 Å². The predicted molar refractivity (Wildman–Crippen MR) is 90.5 cm³/mol. The monoisotopic (exact) mass is 306 g/mol. The summed E-state index contributed by atoms with van der Waals surface area (Å²) in [5.41, 5.74) is 1.30. The van der Waals surface area contributed by atoms with Gasteiger partial charge in [-0.1, -0.05) is 25.1 Å². The van der Waals surface area contributed by atoms with Crippen LogP contribution in [0.25, 0.3) is 0 Å². The molecule has 1 unspecified atom stereocenters. The number of aryl methyl sites for hydroxylation is 1. The number of aliphatic hydroxyl groups is 1. The van der Waals surface area contributed by atoms with E-state index in [1.165, 1.54) is 5.56 Å². The van der Waals surface area contributed by atoms with Crippen LogP contribution in [0.4, 0.5) is 0 Å². The Kier molecular flexibility index (Phi) is 7.16. The molecule has 22 heavy (non-hydrogen) atoms. The quantitative estimate of drug-likeness (QED) is 0.797. The zero-order chi connectivity index (χ0) is 15.8. The van der Waals surface area contributed by atoms with Gasteiger partial charge >= 0.3 is 0 Å². The van der Waals surface area contributed by atoms with Gasteiger partial charge < -0.3 is 14.7 Å². The number of piperazine rings is 1.